The van der Waals surface area contributed by atoms with Gasteiger partial charge in [0.2, 0.25) is 5.91 Å². The van der Waals surface area contributed by atoms with Gasteiger partial charge < -0.3 is 11.1 Å². The van der Waals surface area contributed by atoms with E-state index in [-0.39, 0.29) is 31.2 Å². The molecule has 0 radical (unpaired) electrons. The van der Waals surface area contributed by atoms with E-state index < -0.39 is 24.9 Å². The highest BCUT2D eigenvalue weighted by atomic mass is 35.5. The summed E-state index contributed by atoms with van der Waals surface area (Å²) in [4.78, 5) is 20.0. The summed E-state index contributed by atoms with van der Waals surface area (Å²) < 4.78 is 25.8. The van der Waals surface area contributed by atoms with E-state index in [4.69, 9.17) is 5.73 Å². The lowest BCUT2D eigenvalue weighted by Crippen LogP contribution is -2.42. The molecule has 0 spiro atoms. The summed E-state index contributed by atoms with van der Waals surface area (Å²) in [5.74, 6) is -3.60. The zero-order chi connectivity index (χ0) is 15.3. The van der Waals surface area contributed by atoms with Crippen LogP contribution in [0.5, 0.6) is 0 Å². The molecule has 2 aromatic heterocycles. The molecule has 2 aromatic rings. The highest BCUT2D eigenvalue weighted by Gasteiger charge is 2.27. The molecule has 0 unspecified atom stereocenters. The van der Waals surface area contributed by atoms with Crippen LogP contribution in [0.3, 0.4) is 0 Å². The summed E-state index contributed by atoms with van der Waals surface area (Å²) in [6.07, 6.45) is 1.60. The fourth-order valence-electron chi connectivity index (χ4n) is 1.52. The lowest BCUT2D eigenvalue weighted by molar-refractivity contribution is -0.122. The molecule has 0 atom stereocenters. The molecule has 1 amide bonds. The zero-order valence-corrected chi connectivity index (χ0v) is 14.3. The maximum absolute atomic E-state index is 12.9. The fourth-order valence-corrected chi connectivity index (χ4v) is 2.32. The van der Waals surface area contributed by atoms with Crippen LogP contribution in [-0.4, -0.2) is 34.9 Å². The van der Waals surface area contributed by atoms with Crippen molar-refractivity contribution in [3.8, 4) is 10.7 Å². The van der Waals surface area contributed by atoms with E-state index in [9.17, 15) is 13.6 Å². The average molecular weight is 385 g/mol. The Bertz CT molecular complexity index is 613. The highest BCUT2D eigenvalue weighted by Crippen LogP contribution is 2.21. The lowest BCUT2D eigenvalue weighted by Gasteiger charge is -2.14. The van der Waals surface area contributed by atoms with Crippen molar-refractivity contribution in [3.05, 3.63) is 35.5 Å². The second-order valence-electron chi connectivity index (χ2n) is 4.37. The van der Waals surface area contributed by atoms with Crippen molar-refractivity contribution in [2.24, 2.45) is 5.73 Å². The molecule has 0 fully saturated rings. The first-order chi connectivity index (χ1) is 10.00. The Balaban J connectivity index is 0.00000242. The van der Waals surface area contributed by atoms with Gasteiger partial charge >= 0.3 is 0 Å². The minimum Gasteiger partial charge on any atom is -0.350 e. The summed E-state index contributed by atoms with van der Waals surface area (Å²) >= 11 is 1.35. The minimum absolute atomic E-state index is 0. The summed E-state index contributed by atoms with van der Waals surface area (Å²) in [5.41, 5.74) is 6.13. The Morgan fingerprint density at radius 2 is 2.09 bits per heavy atom. The van der Waals surface area contributed by atoms with Crippen LogP contribution in [0.2, 0.25) is 0 Å². The van der Waals surface area contributed by atoms with Crippen LogP contribution in [0.4, 0.5) is 8.78 Å². The summed E-state index contributed by atoms with van der Waals surface area (Å²) in [6, 6.07) is 5.44. The van der Waals surface area contributed by atoms with Gasteiger partial charge in [-0.05, 0) is 12.1 Å². The third-order valence-corrected chi connectivity index (χ3v) is 3.53. The van der Waals surface area contributed by atoms with Gasteiger partial charge in [-0.1, -0.05) is 6.07 Å². The Morgan fingerprint density at radius 1 is 1.35 bits per heavy atom. The van der Waals surface area contributed by atoms with Gasteiger partial charge in [0, 0.05) is 11.6 Å². The molecule has 0 aliphatic carbocycles. The number of aromatic nitrogens is 2. The Morgan fingerprint density at radius 3 is 2.70 bits per heavy atom. The molecule has 2 heterocycles. The number of carbonyl (C=O) groups is 1. The number of hydrogen-bond donors (Lipinski definition) is 2. The molecule has 0 aliphatic rings. The van der Waals surface area contributed by atoms with Crippen LogP contribution in [0.25, 0.3) is 10.7 Å². The summed E-state index contributed by atoms with van der Waals surface area (Å²) in [5, 5.41) is 4.55. The number of carbonyl (C=O) groups excluding carboxylic acids is 1. The number of pyridine rings is 1. The van der Waals surface area contributed by atoms with Gasteiger partial charge in [-0.25, -0.2) is 13.8 Å². The van der Waals surface area contributed by atoms with Crippen molar-refractivity contribution in [3.63, 3.8) is 0 Å². The largest absolute Gasteiger partial charge is 0.350 e. The van der Waals surface area contributed by atoms with Crippen molar-refractivity contribution < 1.29 is 13.6 Å². The average Bonchev–Trinajstić information content (AvgIpc) is 2.95. The van der Waals surface area contributed by atoms with E-state index in [0.717, 1.165) is 0 Å². The molecule has 23 heavy (non-hydrogen) atoms. The first-order valence-electron chi connectivity index (χ1n) is 6.20. The third-order valence-electron chi connectivity index (χ3n) is 2.62. The molecular weight excluding hydrogens is 369 g/mol. The number of amides is 1. The third kappa shape index (κ3) is 6.74. The van der Waals surface area contributed by atoms with Crippen molar-refractivity contribution >= 4 is 42.1 Å². The minimum atomic E-state index is -3.09. The van der Waals surface area contributed by atoms with E-state index in [2.05, 4.69) is 15.3 Å². The van der Waals surface area contributed by atoms with Crippen LogP contribution in [-0.2, 0) is 11.2 Å². The highest BCUT2D eigenvalue weighted by molar-refractivity contribution is 7.13. The maximum atomic E-state index is 12.9. The molecule has 128 valence electrons. The van der Waals surface area contributed by atoms with Crippen molar-refractivity contribution in [1.29, 1.82) is 0 Å². The van der Waals surface area contributed by atoms with Gasteiger partial charge in [-0.15, -0.1) is 36.2 Å². The Hall–Kier alpha value is -1.35. The SMILES string of the molecule is Cl.Cl.NCC(F)(F)CNC(=O)Cc1csc(-c2ccccn2)n1. The number of halogens is 4. The molecule has 0 saturated carbocycles. The van der Waals surface area contributed by atoms with Gasteiger partial charge in [-0.2, -0.15) is 0 Å². The van der Waals surface area contributed by atoms with Crippen LogP contribution >= 0.6 is 36.2 Å². The van der Waals surface area contributed by atoms with Crippen LogP contribution < -0.4 is 11.1 Å². The summed E-state index contributed by atoms with van der Waals surface area (Å²) in [7, 11) is 0. The van der Waals surface area contributed by atoms with Crippen molar-refractivity contribution in [2.75, 3.05) is 13.1 Å². The molecule has 10 heteroatoms. The number of thiazole rings is 1. The van der Waals surface area contributed by atoms with Gasteiger partial charge in [0.05, 0.1) is 30.9 Å². The molecule has 0 aromatic carbocycles. The predicted molar refractivity (Wildman–Crippen MR) is 90.6 cm³/mol. The van der Waals surface area contributed by atoms with Crippen molar-refractivity contribution in [1.82, 2.24) is 15.3 Å². The van der Waals surface area contributed by atoms with Crippen molar-refractivity contribution in [2.45, 2.75) is 12.3 Å². The van der Waals surface area contributed by atoms with E-state index >= 15 is 0 Å². The van der Waals surface area contributed by atoms with Crippen LogP contribution in [0.1, 0.15) is 5.69 Å². The van der Waals surface area contributed by atoms with Gasteiger partial charge in [0.15, 0.2) is 0 Å². The number of nitrogens with two attached hydrogens (primary N) is 1. The van der Waals surface area contributed by atoms with Gasteiger partial charge in [0.25, 0.3) is 5.92 Å². The lowest BCUT2D eigenvalue weighted by atomic mass is 10.3. The van der Waals surface area contributed by atoms with E-state index in [1.165, 1.54) is 11.3 Å². The van der Waals surface area contributed by atoms with Gasteiger partial charge in [-0.3, -0.25) is 9.78 Å². The molecule has 3 N–H and O–H groups in total. The topological polar surface area (TPSA) is 80.9 Å². The number of nitrogens with zero attached hydrogens (tertiary/aromatic N) is 2. The normalized spacial score (nSPS) is 10.4. The van der Waals surface area contributed by atoms with E-state index in [1.807, 2.05) is 12.1 Å². The first kappa shape index (κ1) is 21.6. The first-order valence-corrected chi connectivity index (χ1v) is 7.08. The maximum Gasteiger partial charge on any atom is 0.277 e. The number of nitrogens with one attached hydrogen (secondary N) is 1. The fraction of sp³-hybridized carbons (Fsp3) is 0.308. The quantitative estimate of drug-likeness (QED) is 0.800. The zero-order valence-electron chi connectivity index (χ0n) is 11.9. The molecule has 5 nitrogen and oxygen atoms in total. The van der Waals surface area contributed by atoms with E-state index in [0.29, 0.717) is 16.4 Å². The Kier molecular flexibility index (Phi) is 9.14. The molecule has 2 rings (SSSR count). The second kappa shape index (κ2) is 9.71. The molecule has 0 bridgehead atoms. The molecule has 0 saturated heterocycles. The smallest absolute Gasteiger partial charge is 0.277 e. The monoisotopic (exact) mass is 384 g/mol. The second-order valence-corrected chi connectivity index (χ2v) is 5.23. The van der Waals surface area contributed by atoms with E-state index in [1.54, 1.807) is 17.6 Å². The Labute approximate surface area is 148 Å². The summed E-state index contributed by atoms with van der Waals surface area (Å²) in [6.45, 7) is -1.56. The van der Waals surface area contributed by atoms with Gasteiger partial charge in [0.1, 0.15) is 5.01 Å². The standard InChI is InChI=1S/C13H14F2N4OS.2ClH/c14-13(15,7-16)8-18-11(20)5-9-6-21-12(19-9)10-3-1-2-4-17-10;;/h1-4,6H,5,7-8,16H2,(H,18,20);2*1H. The predicted octanol–water partition coefficient (Wildman–Crippen LogP) is 2.30. The molecular formula is C13H16Cl2F2N4OS. The van der Waals surface area contributed by atoms with Crippen LogP contribution in [0, 0.1) is 0 Å². The number of rotatable bonds is 6. The number of alkyl halides is 2. The van der Waals surface area contributed by atoms with Crippen LogP contribution in [0.15, 0.2) is 29.8 Å². The number of hydrogen-bond acceptors (Lipinski definition) is 5. The molecule has 0 aliphatic heterocycles.